The normalized spacial score (nSPS) is 27.4. The van der Waals surface area contributed by atoms with Crippen molar-refractivity contribution in [2.45, 2.75) is 65.0 Å². The monoisotopic (exact) mass is 270 g/mol. The quantitative estimate of drug-likeness (QED) is 0.909. The highest BCUT2D eigenvalue weighted by molar-refractivity contribution is 6.31. The zero-order chi connectivity index (χ0) is 13.4. The van der Waals surface area contributed by atoms with Crippen molar-refractivity contribution in [3.8, 4) is 0 Å². The summed E-state index contributed by atoms with van der Waals surface area (Å²) in [6.07, 6.45) is 6.67. The third-order valence-corrected chi connectivity index (χ3v) is 4.61. The van der Waals surface area contributed by atoms with E-state index in [4.69, 9.17) is 11.6 Å². The van der Waals surface area contributed by atoms with Gasteiger partial charge in [-0.25, -0.2) is 0 Å². The molecular weight excluding hydrogens is 248 g/mol. The molecule has 1 aliphatic carbocycles. The van der Waals surface area contributed by atoms with Crippen LogP contribution in [0.25, 0.3) is 0 Å². The maximum absolute atomic E-state index is 11.2. The van der Waals surface area contributed by atoms with Crippen molar-refractivity contribution in [2.75, 3.05) is 0 Å². The highest BCUT2D eigenvalue weighted by atomic mass is 35.5. The zero-order valence-corrected chi connectivity index (χ0v) is 12.3. The average Bonchev–Trinajstić information content (AvgIpc) is 2.65. The van der Waals surface area contributed by atoms with Crippen molar-refractivity contribution >= 4 is 11.6 Å². The van der Waals surface area contributed by atoms with Gasteiger partial charge in [-0.1, -0.05) is 45.2 Å². The maximum atomic E-state index is 11.2. The first kappa shape index (κ1) is 13.9. The highest BCUT2D eigenvalue weighted by Crippen LogP contribution is 2.51. The van der Waals surface area contributed by atoms with Crippen LogP contribution < -0.4 is 0 Å². The van der Waals surface area contributed by atoms with Gasteiger partial charge < -0.3 is 5.11 Å². The van der Waals surface area contributed by atoms with E-state index in [1.165, 1.54) is 6.42 Å². The van der Waals surface area contributed by atoms with Crippen molar-refractivity contribution in [2.24, 2.45) is 5.41 Å². The second-order valence-electron chi connectivity index (χ2n) is 6.02. The summed E-state index contributed by atoms with van der Waals surface area (Å²) in [5, 5.41) is 16.1. The molecule has 0 aliphatic heterocycles. The minimum Gasteiger partial charge on any atom is -0.383 e. The molecule has 0 saturated heterocycles. The predicted octanol–water partition coefficient (Wildman–Crippen LogP) is 3.73. The van der Waals surface area contributed by atoms with Crippen LogP contribution in [0.4, 0.5) is 0 Å². The SMILES string of the molecule is CCCn1ncc(Cl)c1C1(O)CCCCC1(C)C. The van der Waals surface area contributed by atoms with Gasteiger partial charge in [-0.2, -0.15) is 5.10 Å². The number of aromatic nitrogens is 2. The van der Waals surface area contributed by atoms with Gasteiger partial charge in [0.25, 0.3) is 0 Å². The van der Waals surface area contributed by atoms with Crippen molar-refractivity contribution in [3.05, 3.63) is 16.9 Å². The van der Waals surface area contributed by atoms with Crippen LogP contribution in [0.1, 0.15) is 58.6 Å². The van der Waals surface area contributed by atoms with Crippen LogP contribution in [0.2, 0.25) is 5.02 Å². The first-order valence-electron chi connectivity index (χ1n) is 6.86. The van der Waals surface area contributed by atoms with Gasteiger partial charge in [0.05, 0.1) is 16.9 Å². The Bertz CT molecular complexity index is 427. The Labute approximate surface area is 114 Å². The molecule has 2 rings (SSSR count). The van der Waals surface area contributed by atoms with Gasteiger partial charge in [0.1, 0.15) is 5.60 Å². The fourth-order valence-electron chi connectivity index (χ4n) is 3.09. The first-order chi connectivity index (χ1) is 8.42. The summed E-state index contributed by atoms with van der Waals surface area (Å²) in [6.45, 7) is 7.17. The molecule has 1 N–H and O–H groups in total. The molecule has 3 nitrogen and oxygen atoms in total. The maximum Gasteiger partial charge on any atom is 0.113 e. The summed E-state index contributed by atoms with van der Waals surface area (Å²) in [4.78, 5) is 0. The lowest BCUT2D eigenvalue weighted by Gasteiger charge is -2.46. The summed E-state index contributed by atoms with van der Waals surface area (Å²) in [5.41, 5.74) is -0.190. The van der Waals surface area contributed by atoms with Crippen molar-refractivity contribution < 1.29 is 5.11 Å². The molecule has 0 spiro atoms. The molecule has 1 heterocycles. The minimum absolute atomic E-state index is 0.152. The van der Waals surface area contributed by atoms with Crippen molar-refractivity contribution in [1.82, 2.24) is 9.78 Å². The molecule has 102 valence electrons. The van der Waals surface area contributed by atoms with E-state index in [0.717, 1.165) is 37.9 Å². The van der Waals surface area contributed by atoms with Crippen LogP contribution in [0.5, 0.6) is 0 Å². The predicted molar refractivity (Wildman–Crippen MR) is 73.7 cm³/mol. The number of aryl methyl sites for hydroxylation is 1. The van der Waals surface area contributed by atoms with E-state index in [9.17, 15) is 5.11 Å². The molecule has 1 atom stereocenters. The molecule has 18 heavy (non-hydrogen) atoms. The van der Waals surface area contributed by atoms with E-state index in [1.54, 1.807) is 6.20 Å². The van der Waals surface area contributed by atoms with Gasteiger partial charge in [-0.15, -0.1) is 0 Å². The third kappa shape index (κ3) is 2.08. The Morgan fingerprint density at radius 2 is 2.06 bits per heavy atom. The second-order valence-corrected chi connectivity index (χ2v) is 6.42. The standard InChI is InChI=1S/C14H23ClN2O/c1-4-9-17-12(11(15)10-16-17)14(18)8-6-5-7-13(14,2)3/h10,18H,4-9H2,1-3H3. The second kappa shape index (κ2) is 4.86. The molecule has 0 aromatic carbocycles. The molecule has 1 saturated carbocycles. The minimum atomic E-state index is -0.853. The lowest BCUT2D eigenvalue weighted by Crippen LogP contribution is -2.46. The fraction of sp³-hybridized carbons (Fsp3) is 0.786. The van der Waals surface area contributed by atoms with Crippen LogP contribution in [-0.2, 0) is 12.1 Å². The van der Waals surface area contributed by atoms with Gasteiger partial charge in [0.2, 0.25) is 0 Å². The number of hydrogen-bond donors (Lipinski definition) is 1. The Hall–Kier alpha value is -0.540. The highest BCUT2D eigenvalue weighted by Gasteiger charge is 2.49. The molecule has 1 aromatic rings. The van der Waals surface area contributed by atoms with Gasteiger partial charge >= 0.3 is 0 Å². The van der Waals surface area contributed by atoms with Gasteiger partial charge in [-0.3, -0.25) is 4.68 Å². The van der Waals surface area contributed by atoms with E-state index in [2.05, 4.69) is 25.9 Å². The van der Waals surface area contributed by atoms with Crippen molar-refractivity contribution in [1.29, 1.82) is 0 Å². The molecule has 1 fully saturated rings. The molecule has 4 heteroatoms. The molecule has 0 bridgehead atoms. The van der Waals surface area contributed by atoms with Gasteiger partial charge in [0, 0.05) is 6.54 Å². The lowest BCUT2D eigenvalue weighted by atomic mass is 9.64. The Kier molecular flexibility index (Phi) is 3.75. The summed E-state index contributed by atoms with van der Waals surface area (Å²) in [5.74, 6) is 0. The van der Waals surface area contributed by atoms with E-state index in [-0.39, 0.29) is 5.41 Å². The number of aliphatic hydroxyl groups is 1. The number of nitrogens with zero attached hydrogens (tertiary/aromatic N) is 2. The summed E-state index contributed by atoms with van der Waals surface area (Å²) < 4.78 is 1.88. The molecular formula is C14H23ClN2O. The van der Waals surface area contributed by atoms with E-state index < -0.39 is 5.60 Å². The summed E-state index contributed by atoms with van der Waals surface area (Å²) in [7, 11) is 0. The van der Waals surface area contributed by atoms with Crippen LogP contribution >= 0.6 is 11.6 Å². The van der Waals surface area contributed by atoms with Crippen LogP contribution in [-0.4, -0.2) is 14.9 Å². The van der Waals surface area contributed by atoms with Crippen LogP contribution in [0.3, 0.4) is 0 Å². The molecule has 0 radical (unpaired) electrons. The average molecular weight is 271 g/mol. The van der Waals surface area contributed by atoms with E-state index >= 15 is 0 Å². The van der Waals surface area contributed by atoms with Crippen LogP contribution in [0.15, 0.2) is 6.20 Å². The third-order valence-electron chi connectivity index (χ3n) is 4.33. The molecule has 1 aliphatic rings. The molecule has 0 amide bonds. The van der Waals surface area contributed by atoms with Crippen molar-refractivity contribution in [3.63, 3.8) is 0 Å². The van der Waals surface area contributed by atoms with Gasteiger partial charge in [0.15, 0.2) is 0 Å². The zero-order valence-electron chi connectivity index (χ0n) is 11.5. The number of hydrogen-bond acceptors (Lipinski definition) is 2. The van der Waals surface area contributed by atoms with E-state index in [1.807, 2.05) is 4.68 Å². The Morgan fingerprint density at radius 3 is 2.67 bits per heavy atom. The van der Waals surface area contributed by atoms with E-state index in [0.29, 0.717) is 5.02 Å². The van der Waals surface area contributed by atoms with Gasteiger partial charge in [-0.05, 0) is 24.7 Å². The summed E-state index contributed by atoms with van der Waals surface area (Å²) in [6, 6.07) is 0. The molecule has 1 unspecified atom stereocenters. The number of halogens is 1. The fourth-order valence-corrected chi connectivity index (χ4v) is 3.38. The topological polar surface area (TPSA) is 38.0 Å². The molecule has 1 aromatic heterocycles. The van der Waals surface area contributed by atoms with Crippen LogP contribution in [0, 0.1) is 5.41 Å². The summed E-state index contributed by atoms with van der Waals surface area (Å²) >= 11 is 6.29. The Balaban J connectivity index is 2.48. The largest absolute Gasteiger partial charge is 0.383 e. The Morgan fingerprint density at radius 1 is 1.39 bits per heavy atom. The number of rotatable bonds is 3. The smallest absolute Gasteiger partial charge is 0.113 e. The first-order valence-corrected chi connectivity index (χ1v) is 7.24. The lowest BCUT2D eigenvalue weighted by molar-refractivity contribution is -0.109.